The lowest BCUT2D eigenvalue weighted by Gasteiger charge is -2.06. The van der Waals surface area contributed by atoms with Crippen LogP contribution >= 0.6 is 23.2 Å². The molecule has 0 aliphatic carbocycles. The van der Waals surface area contributed by atoms with Crippen molar-refractivity contribution in [2.24, 2.45) is 0 Å². The van der Waals surface area contributed by atoms with Gasteiger partial charge in [-0.25, -0.2) is 4.98 Å². The highest BCUT2D eigenvalue weighted by molar-refractivity contribution is 6.41. The van der Waals surface area contributed by atoms with Crippen molar-refractivity contribution < 1.29 is 4.79 Å². The Morgan fingerprint density at radius 3 is 2.93 bits per heavy atom. The monoisotopic (exact) mass is 244 g/mol. The third-order valence-corrected chi connectivity index (χ3v) is 2.45. The molecule has 80 valence electrons. The molecule has 0 aromatic carbocycles. The normalized spacial score (nSPS) is 9.80. The van der Waals surface area contributed by atoms with Crippen molar-refractivity contribution in [3.63, 3.8) is 0 Å². The van der Waals surface area contributed by atoms with E-state index in [1.54, 1.807) is 13.0 Å². The highest BCUT2D eigenvalue weighted by Gasteiger charge is 2.12. The molecule has 15 heavy (non-hydrogen) atoms. The maximum atomic E-state index is 11.6. The van der Waals surface area contributed by atoms with Gasteiger partial charge in [0.15, 0.2) is 0 Å². The topological polar surface area (TPSA) is 42.0 Å². The molecule has 5 heteroatoms. The van der Waals surface area contributed by atoms with Crippen LogP contribution in [0.25, 0.3) is 0 Å². The highest BCUT2D eigenvalue weighted by Crippen LogP contribution is 2.22. The molecule has 0 aliphatic rings. The Balaban J connectivity index is 2.98. The molecule has 0 radical (unpaired) electrons. The average molecular weight is 245 g/mol. The van der Waals surface area contributed by atoms with Gasteiger partial charge in [0.2, 0.25) is 0 Å². The number of hydrogen-bond acceptors (Lipinski definition) is 2. The van der Waals surface area contributed by atoms with Gasteiger partial charge in [-0.1, -0.05) is 29.3 Å². The van der Waals surface area contributed by atoms with Gasteiger partial charge < -0.3 is 5.32 Å². The van der Waals surface area contributed by atoms with Gasteiger partial charge in [0, 0.05) is 6.54 Å². The summed E-state index contributed by atoms with van der Waals surface area (Å²) in [6, 6.07) is 1.50. The van der Waals surface area contributed by atoms with Gasteiger partial charge in [-0.05, 0) is 13.0 Å². The first-order valence-corrected chi connectivity index (χ1v) is 5.03. The quantitative estimate of drug-likeness (QED) is 0.656. The number of carbonyl (C=O) groups is 1. The predicted octanol–water partition coefficient (Wildman–Crippen LogP) is 2.61. The summed E-state index contributed by atoms with van der Waals surface area (Å²) in [7, 11) is 0. The van der Waals surface area contributed by atoms with Gasteiger partial charge in [0.25, 0.3) is 5.91 Å². The number of aryl methyl sites for hydroxylation is 1. The molecule has 1 amide bonds. The van der Waals surface area contributed by atoms with Crippen molar-refractivity contribution in [2.75, 3.05) is 6.54 Å². The molecule has 0 atom stereocenters. The van der Waals surface area contributed by atoms with E-state index in [2.05, 4.69) is 16.9 Å². The summed E-state index contributed by atoms with van der Waals surface area (Å²) >= 11 is 11.5. The number of aromatic nitrogens is 1. The fraction of sp³-hybridized carbons (Fsp3) is 0.200. The Morgan fingerprint density at radius 1 is 1.67 bits per heavy atom. The Bertz CT molecular complexity index is 405. The molecule has 1 rings (SSSR count). The number of carbonyl (C=O) groups excluding carboxylic acids is 1. The summed E-state index contributed by atoms with van der Waals surface area (Å²) in [6.07, 6.45) is 1.60. The molecule has 1 N–H and O–H groups in total. The summed E-state index contributed by atoms with van der Waals surface area (Å²) in [5.41, 5.74) is 0.970. The summed E-state index contributed by atoms with van der Waals surface area (Å²) in [5, 5.41) is 3.11. The summed E-state index contributed by atoms with van der Waals surface area (Å²) in [6.45, 7) is 5.60. The molecule has 0 spiro atoms. The number of pyridine rings is 1. The minimum Gasteiger partial charge on any atom is -0.349 e. The number of hydrogen-bond donors (Lipinski definition) is 1. The molecular formula is C10H10Cl2N2O. The fourth-order valence-corrected chi connectivity index (χ4v) is 1.37. The molecule has 1 aromatic rings. The standard InChI is InChI=1S/C10H10Cl2N2O/c1-3-4-13-10(15)7-5-8(11)9(12)14-6(7)2/h3,5H,1,4H2,2H3,(H,13,15). The summed E-state index contributed by atoms with van der Waals surface area (Å²) in [5.74, 6) is -0.238. The zero-order chi connectivity index (χ0) is 11.4. The van der Waals surface area contributed by atoms with Crippen molar-refractivity contribution in [3.8, 4) is 0 Å². The smallest absolute Gasteiger partial charge is 0.253 e. The van der Waals surface area contributed by atoms with E-state index in [1.807, 2.05) is 0 Å². The van der Waals surface area contributed by atoms with Gasteiger partial charge in [0.05, 0.1) is 16.3 Å². The number of nitrogens with one attached hydrogen (secondary N) is 1. The van der Waals surface area contributed by atoms with Crippen molar-refractivity contribution in [1.82, 2.24) is 10.3 Å². The first-order chi connectivity index (χ1) is 7.06. The van der Waals surface area contributed by atoms with Crippen LogP contribution in [0.5, 0.6) is 0 Å². The molecule has 0 fully saturated rings. The first-order valence-electron chi connectivity index (χ1n) is 4.28. The van der Waals surface area contributed by atoms with Gasteiger partial charge in [0.1, 0.15) is 5.15 Å². The highest BCUT2D eigenvalue weighted by atomic mass is 35.5. The summed E-state index contributed by atoms with van der Waals surface area (Å²) in [4.78, 5) is 15.5. The van der Waals surface area contributed by atoms with Crippen LogP contribution in [0.3, 0.4) is 0 Å². The lowest BCUT2D eigenvalue weighted by Crippen LogP contribution is -2.24. The molecule has 0 aliphatic heterocycles. The molecule has 1 aromatic heterocycles. The van der Waals surface area contributed by atoms with E-state index in [4.69, 9.17) is 23.2 Å². The van der Waals surface area contributed by atoms with Crippen LogP contribution in [0.2, 0.25) is 10.2 Å². The van der Waals surface area contributed by atoms with Crippen LogP contribution in [0.4, 0.5) is 0 Å². The Hall–Kier alpha value is -1.06. The van der Waals surface area contributed by atoms with Gasteiger partial charge in [-0.15, -0.1) is 6.58 Å². The molecule has 0 saturated carbocycles. The Morgan fingerprint density at radius 2 is 2.33 bits per heavy atom. The Kier molecular flexibility index (Phi) is 4.12. The van der Waals surface area contributed by atoms with Gasteiger partial charge >= 0.3 is 0 Å². The largest absolute Gasteiger partial charge is 0.349 e. The zero-order valence-electron chi connectivity index (χ0n) is 8.18. The molecular weight excluding hydrogens is 235 g/mol. The maximum Gasteiger partial charge on any atom is 0.253 e. The third kappa shape index (κ3) is 2.94. The second-order valence-electron chi connectivity index (χ2n) is 2.89. The third-order valence-electron chi connectivity index (χ3n) is 1.78. The average Bonchev–Trinajstić information content (AvgIpc) is 2.20. The summed E-state index contributed by atoms with van der Waals surface area (Å²) < 4.78 is 0. The molecule has 0 unspecified atom stereocenters. The van der Waals surface area contributed by atoms with Crippen molar-refractivity contribution in [3.05, 3.63) is 40.2 Å². The lowest BCUT2D eigenvalue weighted by atomic mass is 10.2. The van der Waals surface area contributed by atoms with E-state index in [1.165, 1.54) is 6.07 Å². The van der Waals surface area contributed by atoms with Crippen LogP contribution < -0.4 is 5.32 Å². The minimum absolute atomic E-state index is 0.203. The fourth-order valence-electron chi connectivity index (χ4n) is 1.04. The van der Waals surface area contributed by atoms with Crippen LogP contribution in [-0.4, -0.2) is 17.4 Å². The minimum atomic E-state index is -0.238. The van der Waals surface area contributed by atoms with Crippen molar-refractivity contribution in [2.45, 2.75) is 6.92 Å². The number of halogens is 2. The van der Waals surface area contributed by atoms with E-state index in [-0.39, 0.29) is 16.1 Å². The number of amides is 1. The van der Waals surface area contributed by atoms with E-state index in [0.717, 1.165) is 0 Å². The van der Waals surface area contributed by atoms with Crippen LogP contribution in [0, 0.1) is 6.92 Å². The van der Waals surface area contributed by atoms with Crippen molar-refractivity contribution >= 4 is 29.1 Å². The van der Waals surface area contributed by atoms with Gasteiger partial charge in [-0.2, -0.15) is 0 Å². The second-order valence-corrected chi connectivity index (χ2v) is 3.66. The van der Waals surface area contributed by atoms with E-state index in [9.17, 15) is 4.79 Å². The number of nitrogens with zero attached hydrogens (tertiary/aromatic N) is 1. The zero-order valence-corrected chi connectivity index (χ0v) is 9.69. The van der Waals surface area contributed by atoms with Crippen molar-refractivity contribution in [1.29, 1.82) is 0 Å². The SMILES string of the molecule is C=CCNC(=O)c1cc(Cl)c(Cl)nc1C. The van der Waals surface area contributed by atoms with E-state index in [0.29, 0.717) is 17.8 Å². The van der Waals surface area contributed by atoms with Crippen LogP contribution in [0.15, 0.2) is 18.7 Å². The first kappa shape index (κ1) is 12.0. The van der Waals surface area contributed by atoms with Crippen LogP contribution in [-0.2, 0) is 0 Å². The molecule has 3 nitrogen and oxygen atoms in total. The van der Waals surface area contributed by atoms with Crippen LogP contribution in [0.1, 0.15) is 16.1 Å². The molecule has 0 saturated heterocycles. The molecule has 0 bridgehead atoms. The second kappa shape index (κ2) is 5.14. The Labute approximate surface area is 98.1 Å². The predicted molar refractivity (Wildman–Crippen MR) is 61.5 cm³/mol. The maximum absolute atomic E-state index is 11.6. The van der Waals surface area contributed by atoms with Gasteiger partial charge in [-0.3, -0.25) is 4.79 Å². The van der Waals surface area contributed by atoms with E-state index >= 15 is 0 Å². The lowest BCUT2D eigenvalue weighted by molar-refractivity contribution is 0.0957. The van der Waals surface area contributed by atoms with E-state index < -0.39 is 0 Å². The number of rotatable bonds is 3. The molecule has 1 heterocycles.